The van der Waals surface area contributed by atoms with E-state index < -0.39 is 0 Å². The van der Waals surface area contributed by atoms with Gasteiger partial charge in [-0.3, -0.25) is 0 Å². The summed E-state index contributed by atoms with van der Waals surface area (Å²) in [5, 5.41) is 7.99. The zero-order valence-corrected chi connectivity index (χ0v) is 14.1. The van der Waals surface area contributed by atoms with Gasteiger partial charge >= 0.3 is 0 Å². The molecule has 1 aromatic carbocycles. The SMILES string of the molecule is CCCCOc1ccc(C2NN=C3CCNCC32)cc1OCC. The predicted octanol–water partition coefficient (Wildman–Crippen LogP) is 2.87. The highest BCUT2D eigenvalue weighted by Crippen LogP contribution is 2.36. The fraction of sp³-hybridized carbons (Fsp3) is 0.611. The number of nitrogens with one attached hydrogen (secondary N) is 2. The van der Waals surface area contributed by atoms with Gasteiger partial charge in [-0.15, -0.1) is 0 Å². The van der Waals surface area contributed by atoms with Gasteiger partial charge in [-0.25, -0.2) is 0 Å². The van der Waals surface area contributed by atoms with E-state index in [1.165, 1.54) is 11.3 Å². The normalized spacial score (nSPS) is 23.0. The number of fused-ring (bicyclic) bond motifs is 1. The molecule has 5 heteroatoms. The Morgan fingerprint density at radius 2 is 2.13 bits per heavy atom. The van der Waals surface area contributed by atoms with E-state index in [1.54, 1.807) is 0 Å². The van der Waals surface area contributed by atoms with Crippen LogP contribution in [0, 0.1) is 5.92 Å². The van der Waals surface area contributed by atoms with Gasteiger partial charge in [-0.2, -0.15) is 5.10 Å². The summed E-state index contributed by atoms with van der Waals surface area (Å²) >= 11 is 0. The van der Waals surface area contributed by atoms with Crippen molar-refractivity contribution in [1.82, 2.24) is 10.7 Å². The van der Waals surface area contributed by atoms with Gasteiger partial charge in [0.1, 0.15) is 0 Å². The van der Waals surface area contributed by atoms with E-state index in [0.717, 1.165) is 50.5 Å². The molecule has 2 heterocycles. The molecule has 2 aliphatic heterocycles. The van der Waals surface area contributed by atoms with Crippen molar-refractivity contribution in [2.75, 3.05) is 26.3 Å². The molecule has 2 N–H and O–H groups in total. The Labute approximate surface area is 138 Å². The minimum Gasteiger partial charge on any atom is -0.490 e. The summed E-state index contributed by atoms with van der Waals surface area (Å²) in [6, 6.07) is 6.50. The number of hydrazone groups is 1. The summed E-state index contributed by atoms with van der Waals surface area (Å²) in [4.78, 5) is 0. The second kappa shape index (κ2) is 7.68. The van der Waals surface area contributed by atoms with Crippen molar-refractivity contribution < 1.29 is 9.47 Å². The van der Waals surface area contributed by atoms with Gasteiger partial charge in [0.05, 0.1) is 19.3 Å². The molecule has 0 amide bonds. The average Bonchev–Trinajstić information content (AvgIpc) is 3.01. The summed E-state index contributed by atoms with van der Waals surface area (Å²) < 4.78 is 11.7. The molecule has 0 radical (unpaired) electrons. The Hall–Kier alpha value is -1.75. The number of piperidine rings is 1. The molecular weight excluding hydrogens is 290 g/mol. The van der Waals surface area contributed by atoms with Crippen molar-refractivity contribution >= 4 is 5.71 Å². The number of benzene rings is 1. The molecule has 126 valence electrons. The second-order valence-corrected chi connectivity index (χ2v) is 6.11. The number of ether oxygens (including phenoxy) is 2. The van der Waals surface area contributed by atoms with Crippen LogP contribution in [-0.4, -0.2) is 32.0 Å². The largest absolute Gasteiger partial charge is 0.490 e. The molecule has 0 saturated carbocycles. The van der Waals surface area contributed by atoms with Crippen molar-refractivity contribution in [2.45, 2.75) is 39.2 Å². The van der Waals surface area contributed by atoms with Crippen molar-refractivity contribution in [3.63, 3.8) is 0 Å². The second-order valence-electron chi connectivity index (χ2n) is 6.11. The van der Waals surface area contributed by atoms with E-state index in [9.17, 15) is 0 Å². The van der Waals surface area contributed by atoms with E-state index in [0.29, 0.717) is 12.5 Å². The van der Waals surface area contributed by atoms with Crippen LogP contribution in [0.4, 0.5) is 0 Å². The van der Waals surface area contributed by atoms with Crippen LogP contribution in [0.3, 0.4) is 0 Å². The van der Waals surface area contributed by atoms with Gasteiger partial charge in [0.2, 0.25) is 0 Å². The van der Waals surface area contributed by atoms with Gasteiger partial charge in [0.25, 0.3) is 0 Å². The van der Waals surface area contributed by atoms with Crippen molar-refractivity contribution in [3.8, 4) is 11.5 Å². The first-order valence-corrected chi connectivity index (χ1v) is 8.75. The quantitative estimate of drug-likeness (QED) is 0.759. The lowest BCUT2D eigenvalue weighted by atomic mass is 9.87. The van der Waals surface area contributed by atoms with E-state index in [-0.39, 0.29) is 6.04 Å². The van der Waals surface area contributed by atoms with Crippen LogP contribution >= 0.6 is 0 Å². The molecule has 2 unspecified atom stereocenters. The fourth-order valence-electron chi connectivity index (χ4n) is 3.21. The summed E-state index contributed by atoms with van der Waals surface area (Å²) in [6.45, 7) is 7.54. The Bertz CT molecular complexity index is 559. The van der Waals surface area contributed by atoms with Crippen LogP contribution in [0.15, 0.2) is 23.3 Å². The molecule has 0 aliphatic carbocycles. The average molecular weight is 317 g/mol. The molecule has 1 aromatic rings. The van der Waals surface area contributed by atoms with Crippen LogP contribution in [-0.2, 0) is 0 Å². The lowest BCUT2D eigenvalue weighted by Crippen LogP contribution is -2.38. The van der Waals surface area contributed by atoms with Crippen LogP contribution in [0.2, 0.25) is 0 Å². The standard InChI is InChI=1S/C18H27N3O2/c1-3-5-10-23-16-7-6-13(11-17(16)22-4-2)18-14-12-19-9-8-15(14)20-21-18/h6-7,11,14,18-19,21H,3-5,8-10,12H2,1-2H3. The smallest absolute Gasteiger partial charge is 0.161 e. The van der Waals surface area contributed by atoms with E-state index in [2.05, 4.69) is 34.9 Å². The molecule has 0 bridgehead atoms. The highest BCUT2D eigenvalue weighted by atomic mass is 16.5. The van der Waals surface area contributed by atoms with Crippen molar-refractivity contribution in [3.05, 3.63) is 23.8 Å². The van der Waals surface area contributed by atoms with E-state index in [4.69, 9.17) is 9.47 Å². The van der Waals surface area contributed by atoms with Crippen LogP contribution in [0.25, 0.3) is 0 Å². The number of hydrogen-bond donors (Lipinski definition) is 2. The van der Waals surface area contributed by atoms with Gasteiger partial charge in [0, 0.05) is 31.1 Å². The molecule has 1 saturated heterocycles. The molecule has 0 spiro atoms. The summed E-state index contributed by atoms with van der Waals surface area (Å²) in [5.74, 6) is 2.11. The summed E-state index contributed by atoms with van der Waals surface area (Å²) in [7, 11) is 0. The fourth-order valence-corrected chi connectivity index (χ4v) is 3.21. The predicted molar refractivity (Wildman–Crippen MR) is 92.3 cm³/mol. The zero-order valence-electron chi connectivity index (χ0n) is 14.1. The maximum absolute atomic E-state index is 5.87. The molecular formula is C18H27N3O2. The number of nitrogens with zero attached hydrogens (tertiary/aromatic N) is 1. The third kappa shape index (κ3) is 3.61. The van der Waals surface area contributed by atoms with E-state index >= 15 is 0 Å². The van der Waals surface area contributed by atoms with Crippen LogP contribution in [0.5, 0.6) is 11.5 Å². The van der Waals surface area contributed by atoms with Gasteiger partial charge in [-0.05, 0) is 31.0 Å². The lowest BCUT2D eigenvalue weighted by Gasteiger charge is -2.25. The Morgan fingerprint density at radius 1 is 1.22 bits per heavy atom. The minimum atomic E-state index is 0.224. The summed E-state index contributed by atoms with van der Waals surface area (Å²) in [5.41, 5.74) is 5.81. The molecule has 5 nitrogen and oxygen atoms in total. The third-order valence-electron chi connectivity index (χ3n) is 4.48. The van der Waals surface area contributed by atoms with Crippen molar-refractivity contribution in [2.24, 2.45) is 11.0 Å². The Kier molecular flexibility index (Phi) is 5.39. The van der Waals surface area contributed by atoms with Gasteiger partial charge in [0.15, 0.2) is 11.5 Å². The Balaban J connectivity index is 1.76. The van der Waals surface area contributed by atoms with Crippen molar-refractivity contribution in [1.29, 1.82) is 0 Å². The molecule has 23 heavy (non-hydrogen) atoms. The van der Waals surface area contributed by atoms with Crippen LogP contribution in [0.1, 0.15) is 44.7 Å². The maximum atomic E-state index is 5.87. The first kappa shape index (κ1) is 16.1. The van der Waals surface area contributed by atoms with Crippen LogP contribution < -0.4 is 20.2 Å². The maximum Gasteiger partial charge on any atom is 0.161 e. The minimum absolute atomic E-state index is 0.224. The lowest BCUT2D eigenvalue weighted by molar-refractivity contribution is 0.272. The molecule has 2 atom stereocenters. The molecule has 3 rings (SSSR count). The number of unbranched alkanes of at least 4 members (excludes halogenated alkanes) is 1. The molecule has 1 fully saturated rings. The van der Waals surface area contributed by atoms with Gasteiger partial charge < -0.3 is 20.2 Å². The highest BCUT2D eigenvalue weighted by Gasteiger charge is 2.34. The first-order chi connectivity index (χ1) is 11.3. The Morgan fingerprint density at radius 3 is 2.96 bits per heavy atom. The van der Waals surface area contributed by atoms with Gasteiger partial charge in [-0.1, -0.05) is 19.4 Å². The first-order valence-electron chi connectivity index (χ1n) is 8.75. The number of rotatable bonds is 7. The zero-order chi connectivity index (χ0) is 16.1. The molecule has 0 aromatic heterocycles. The number of hydrogen-bond acceptors (Lipinski definition) is 5. The topological polar surface area (TPSA) is 54.9 Å². The van der Waals surface area contributed by atoms with E-state index in [1.807, 2.05) is 13.0 Å². The monoisotopic (exact) mass is 317 g/mol. The summed E-state index contributed by atoms with van der Waals surface area (Å²) in [6.07, 6.45) is 3.22. The highest BCUT2D eigenvalue weighted by molar-refractivity contribution is 5.89. The molecule has 2 aliphatic rings. The third-order valence-corrected chi connectivity index (χ3v) is 4.48.